The van der Waals surface area contributed by atoms with Crippen molar-refractivity contribution in [3.8, 4) is 11.5 Å². The Morgan fingerprint density at radius 2 is 1.67 bits per heavy atom. The first kappa shape index (κ1) is 20.1. The average Bonchev–Trinajstić information content (AvgIpc) is 3.43. The molecule has 0 saturated heterocycles. The van der Waals surface area contributed by atoms with E-state index in [1.807, 2.05) is 42.5 Å². The molecule has 1 heterocycles. The highest BCUT2D eigenvalue weighted by atomic mass is 32.1. The lowest BCUT2D eigenvalue weighted by atomic mass is 10.1. The van der Waals surface area contributed by atoms with E-state index in [-0.39, 0.29) is 24.2 Å². The van der Waals surface area contributed by atoms with E-state index in [2.05, 4.69) is 15.6 Å². The van der Waals surface area contributed by atoms with E-state index in [0.717, 1.165) is 31.4 Å². The molecule has 2 amide bonds. The Bertz CT molecular complexity index is 996. The Morgan fingerprint density at radius 3 is 2.40 bits per heavy atom. The van der Waals surface area contributed by atoms with Crippen LogP contribution >= 0.6 is 11.3 Å². The number of anilines is 2. The van der Waals surface area contributed by atoms with Crippen molar-refractivity contribution >= 4 is 34.0 Å². The van der Waals surface area contributed by atoms with Crippen molar-refractivity contribution in [3.63, 3.8) is 0 Å². The number of carbonyl (C=O) groups is 2. The van der Waals surface area contributed by atoms with E-state index in [1.54, 1.807) is 17.5 Å². The van der Waals surface area contributed by atoms with E-state index < -0.39 is 0 Å². The molecule has 1 saturated carbocycles. The number of hydrogen-bond donors (Lipinski definition) is 2. The Kier molecular flexibility index (Phi) is 6.39. The summed E-state index contributed by atoms with van der Waals surface area (Å²) in [4.78, 5) is 28.9. The number of thiazole rings is 1. The Morgan fingerprint density at radius 1 is 0.967 bits per heavy atom. The molecule has 2 aromatic carbocycles. The Hall–Kier alpha value is -3.19. The van der Waals surface area contributed by atoms with Gasteiger partial charge in [-0.05, 0) is 49.2 Å². The first-order chi connectivity index (χ1) is 14.7. The van der Waals surface area contributed by atoms with Crippen LogP contribution in [0.4, 0.5) is 10.8 Å². The smallest absolute Gasteiger partial charge is 0.230 e. The van der Waals surface area contributed by atoms with Gasteiger partial charge in [-0.25, -0.2) is 4.98 Å². The summed E-state index contributed by atoms with van der Waals surface area (Å²) in [6, 6.07) is 16.7. The van der Waals surface area contributed by atoms with Gasteiger partial charge < -0.3 is 15.4 Å². The number of carbonyl (C=O) groups excluding carboxylic acids is 2. The number of amides is 2. The second-order valence-electron chi connectivity index (χ2n) is 7.28. The monoisotopic (exact) mass is 421 g/mol. The molecular weight excluding hydrogens is 398 g/mol. The number of benzene rings is 2. The summed E-state index contributed by atoms with van der Waals surface area (Å²) in [5, 5.41) is 8.09. The van der Waals surface area contributed by atoms with Crippen molar-refractivity contribution in [3.05, 3.63) is 65.7 Å². The van der Waals surface area contributed by atoms with Gasteiger partial charge in [0.2, 0.25) is 11.8 Å². The summed E-state index contributed by atoms with van der Waals surface area (Å²) in [6.45, 7) is 0. The van der Waals surface area contributed by atoms with Gasteiger partial charge in [0.25, 0.3) is 0 Å². The quantitative estimate of drug-likeness (QED) is 0.546. The molecule has 0 aliphatic heterocycles. The number of hydrogen-bond acceptors (Lipinski definition) is 5. The predicted octanol–water partition coefficient (Wildman–Crippen LogP) is 5.25. The molecule has 1 aromatic heterocycles. The molecule has 0 spiro atoms. The van der Waals surface area contributed by atoms with Gasteiger partial charge in [0.1, 0.15) is 11.5 Å². The first-order valence-electron chi connectivity index (χ1n) is 10.0. The molecule has 1 aliphatic carbocycles. The summed E-state index contributed by atoms with van der Waals surface area (Å²) in [5.41, 5.74) is 1.33. The molecular formula is C23H23N3O3S. The minimum Gasteiger partial charge on any atom is -0.457 e. The minimum absolute atomic E-state index is 0.0377. The highest BCUT2D eigenvalue weighted by Crippen LogP contribution is 2.27. The average molecular weight is 422 g/mol. The SMILES string of the molecule is O=C(Cc1csc(NC(=O)C2CCCC2)n1)Nc1ccc(Oc2ccccc2)cc1. The number of nitrogens with zero attached hydrogens (tertiary/aromatic N) is 1. The normalized spacial score (nSPS) is 13.7. The highest BCUT2D eigenvalue weighted by Gasteiger charge is 2.23. The summed E-state index contributed by atoms with van der Waals surface area (Å²) in [7, 11) is 0. The molecule has 4 rings (SSSR count). The van der Waals surface area contributed by atoms with Crippen molar-refractivity contribution in [2.75, 3.05) is 10.6 Å². The van der Waals surface area contributed by atoms with Crippen LogP contribution in [-0.2, 0) is 16.0 Å². The maximum absolute atomic E-state index is 12.3. The molecule has 6 nitrogen and oxygen atoms in total. The molecule has 1 aliphatic rings. The van der Waals surface area contributed by atoms with Crippen LogP contribution in [0.2, 0.25) is 0 Å². The maximum Gasteiger partial charge on any atom is 0.230 e. The third-order valence-electron chi connectivity index (χ3n) is 4.97. The number of para-hydroxylation sites is 1. The minimum atomic E-state index is -0.161. The molecule has 1 fully saturated rings. The zero-order chi connectivity index (χ0) is 20.8. The fourth-order valence-corrected chi connectivity index (χ4v) is 4.15. The van der Waals surface area contributed by atoms with Crippen LogP contribution in [0.25, 0.3) is 0 Å². The van der Waals surface area contributed by atoms with Crippen molar-refractivity contribution in [1.29, 1.82) is 0 Å². The zero-order valence-corrected chi connectivity index (χ0v) is 17.3. The molecule has 0 unspecified atom stereocenters. The number of aromatic nitrogens is 1. The fraction of sp³-hybridized carbons (Fsp3) is 0.261. The van der Waals surface area contributed by atoms with Gasteiger partial charge >= 0.3 is 0 Å². The summed E-state index contributed by atoms with van der Waals surface area (Å²) >= 11 is 1.35. The highest BCUT2D eigenvalue weighted by molar-refractivity contribution is 7.13. The van der Waals surface area contributed by atoms with Gasteiger partial charge in [0.15, 0.2) is 5.13 Å². The van der Waals surface area contributed by atoms with Crippen molar-refractivity contribution < 1.29 is 14.3 Å². The van der Waals surface area contributed by atoms with Crippen LogP contribution in [0.1, 0.15) is 31.4 Å². The Labute approximate surface area is 179 Å². The van der Waals surface area contributed by atoms with E-state index in [4.69, 9.17) is 4.74 Å². The molecule has 0 bridgehead atoms. The lowest BCUT2D eigenvalue weighted by Crippen LogP contribution is -2.20. The predicted molar refractivity (Wildman–Crippen MR) is 118 cm³/mol. The third kappa shape index (κ3) is 5.45. The zero-order valence-electron chi connectivity index (χ0n) is 16.5. The molecule has 30 heavy (non-hydrogen) atoms. The topological polar surface area (TPSA) is 80.3 Å². The van der Waals surface area contributed by atoms with Crippen molar-refractivity contribution in [2.24, 2.45) is 5.92 Å². The number of ether oxygens (including phenoxy) is 1. The fourth-order valence-electron chi connectivity index (χ4n) is 3.44. The summed E-state index contributed by atoms with van der Waals surface area (Å²) in [6.07, 6.45) is 4.27. The third-order valence-corrected chi connectivity index (χ3v) is 5.77. The summed E-state index contributed by atoms with van der Waals surface area (Å²) in [5.74, 6) is 1.42. The van der Waals surface area contributed by atoms with Crippen LogP contribution in [-0.4, -0.2) is 16.8 Å². The van der Waals surface area contributed by atoms with Crippen LogP contribution < -0.4 is 15.4 Å². The molecule has 2 N–H and O–H groups in total. The van der Waals surface area contributed by atoms with Gasteiger partial charge in [0, 0.05) is 17.0 Å². The van der Waals surface area contributed by atoms with E-state index in [1.165, 1.54) is 11.3 Å². The number of rotatable bonds is 7. The van der Waals surface area contributed by atoms with Gasteiger partial charge in [-0.3, -0.25) is 9.59 Å². The van der Waals surface area contributed by atoms with Gasteiger partial charge in [-0.1, -0.05) is 31.0 Å². The standard InChI is InChI=1S/C23H23N3O3S/c27-21(14-18-15-30-23(25-18)26-22(28)16-6-4-5-7-16)24-17-10-12-20(13-11-17)29-19-8-2-1-3-9-19/h1-3,8-13,15-16H,4-7,14H2,(H,24,27)(H,25,26,28). The number of nitrogens with one attached hydrogen (secondary N) is 2. The van der Waals surface area contributed by atoms with E-state index in [0.29, 0.717) is 22.3 Å². The summed E-state index contributed by atoms with van der Waals surface area (Å²) < 4.78 is 5.75. The molecule has 0 atom stereocenters. The van der Waals surface area contributed by atoms with Crippen LogP contribution in [0.15, 0.2) is 60.0 Å². The van der Waals surface area contributed by atoms with E-state index >= 15 is 0 Å². The van der Waals surface area contributed by atoms with Crippen LogP contribution in [0.3, 0.4) is 0 Å². The van der Waals surface area contributed by atoms with Gasteiger partial charge in [-0.2, -0.15) is 0 Å². The molecule has 3 aromatic rings. The Balaban J connectivity index is 1.27. The first-order valence-corrected chi connectivity index (χ1v) is 10.9. The van der Waals surface area contributed by atoms with Crippen LogP contribution in [0.5, 0.6) is 11.5 Å². The van der Waals surface area contributed by atoms with Crippen LogP contribution in [0, 0.1) is 5.92 Å². The molecule has 154 valence electrons. The van der Waals surface area contributed by atoms with E-state index in [9.17, 15) is 9.59 Å². The van der Waals surface area contributed by atoms with Gasteiger partial charge in [0.05, 0.1) is 12.1 Å². The second kappa shape index (κ2) is 9.54. The second-order valence-corrected chi connectivity index (χ2v) is 8.14. The van der Waals surface area contributed by atoms with Crippen molar-refractivity contribution in [1.82, 2.24) is 4.98 Å². The molecule has 7 heteroatoms. The maximum atomic E-state index is 12.3. The lowest BCUT2D eigenvalue weighted by molar-refractivity contribution is -0.119. The molecule has 0 radical (unpaired) electrons. The van der Waals surface area contributed by atoms with Crippen molar-refractivity contribution in [2.45, 2.75) is 32.1 Å². The largest absolute Gasteiger partial charge is 0.457 e. The lowest BCUT2D eigenvalue weighted by Gasteiger charge is -2.08. The van der Waals surface area contributed by atoms with Gasteiger partial charge in [-0.15, -0.1) is 11.3 Å².